The third-order valence-corrected chi connectivity index (χ3v) is 4.61. The van der Waals surface area contributed by atoms with Crippen LogP contribution in [-0.4, -0.2) is 43.2 Å². The van der Waals surface area contributed by atoms with E-state index in [1.807, 2.05) is 4.90 Å². The number of carbonyl (C=O) groups excluding carboxylic acids is 1. The Morgan fingerprint density at radius 2 is 2.30 bits per heavy atom. The first-order valence-corrected chi connectivity index (χ1v) is 8.44. The lowest BCUT2D eigenvalue weighted by Crippen LogP contribution is -2.39. The highest BCUT2D eigenvalue weighted by atomic mass is 16.5. The molecule has 0 saturated carbocycles. The van der Waals surface area contributed by atoms with E-state index in [2.05, 4.69) is 31.3 Å². The van der Waals surface area contributed by atoms with Crippen LogP contribution in [0.5, 0.6) is 11.5 Å². The SMILES string of the molecule is COc1cc2c(cc1CN[C@@H](C)CN1CCCC1=O)O[C@@H](C)C2. The van der Waals surface area contributed by atoms with E-state index in [1.165, 1.54) is 5.56 Å². The van der Waals surface area contributed by atoms with Gasteiger partial charge < -0.3 is 19.7 Å². The number of carbonyl (C=O) groups is 1. The van der Waals surface area contributed by atoms with Gasteiger partial charge in [0.15, 0.2) is 0 Å². The highest BCUT2D eigenvalue weighted by molar-refractivity contribution is 5.78. The number of nitrogens with zero attached hydrogens (tertiary/aromatic N) is 1. The van der Waals surface area contributed by atoms with Gasteiger partial charge in [-0.2, -0.15) is 0 Å². The zero-order valence-electron chi connectivity index (χ0n) is 14.2. The first-order valence-electron chi connectivity index (χ1n) is 8.44. The molecular formula is C18H26N2O3. The summed E-state index contributed by atoms with van der Waals surface area (Å²) < 4.78 is 11.4. The topological polar surface area (TPSA) is 50.8 Å². The first-order chi connectivity index (χ1) is 11.1. The maximum atomic E-state index is 11.7. The quantitative estimate of drug-likeness (QED) is 0.873. The second kappa shape index (κ2) is 6.79. The zero-order chi connectivity index (χ0) is 16.4. The van der Waals surface area contributed by atoms with Gasteiger partial charge in [-0.1, -0.05) is 0 Å². The van der Waals surface area contributed by atoms with Crippen molar-refractivity contribution in [2.24, 2.45) is 0 Å². The van der Waals surface area contributed by atoms with E-state index < -0.39 is 0 Å². The molecule has 1 N–H and O–H groups in total. The van der Waals surface area contributed by atoms with E-state index in [4.69, 9.17) is 9.47 Å². The van der Waals surface area contributed by atoms with Crippen molar-refractivity contribution in [1.82, 2.24) is 10.2 Å². The lowest BCUT2D eigenvalue weighted by atomic mass is 10.1. The number of rotatable bonds is 6. The predicted molar refractivity (Wildman–Crippen MR) is 88.9 cm³/mol. The Bertz CT molecular complexity index is 588. The minimum atomic E-state index is 0.234. The molecule has 0 unspecified atom stereocenters. The Balaban J connectivity index is 1.61. The molecule has 5 nitrogen and oxygen atoms in total. The summed E-state index contributed by atoms with van der Waals surface area (Å²) in [6.07, 6.45) is 2.85. The van der Waals surface area contributed by atoms with Crippen molar-refractivity contribution in [3.8, 4) is 11.5 Å². The molecule has 1 fully saturated rings. The van der Waals surface area contributed by atoms with Crippen LogP contribution in [0.4, 0.5) is 0 Å². The number of hydrogen-bond donors (Lipinski definition) is 1. The maximum Gasteiger partial charge on any atom is 0.222 e. The number of likely N-dealkylation sites (tertiary alicyclic amines) is 1. The molecule has 23 heavy (non-hydrogen) atoms. The fourth-order valence-corrected chi connectivity index (χ4v) is 3.39. The molecule has 126 valence electrons. The van der Waals surface area contributed by atoms with Crippen LogP contribution < -0.4 is 14.8 Å². The molecule has 2 atom stereocenters. The van der Waals surface area contributed by atoms with Crippen molar-refractivity contribution in [3.05, 3.63) is 23.3 Å². The molecule has 1 saturated heterocycles. The molecule has 5 heteroatoms. The standard InChI is InChI=1S/C18H26N2O3/c1-12(11-20-6-4-5-18(20)21)19-10-15-9-17-14(7-13(2)23-17)8-16(15)22-3/h8-9,12-13,19H,4-7,10-11H2,1-3H3/t12-,13-/m0/s1. The lowest BCUT2D eigenvalue weighted by molar-refractivity contribution is -0.127. The molecule has 3 rings (SSSR count). The molecule has 1 aromatic rings. The van der Waals surface area contributed by atoms with Gasteiger partial charge in [0.1, 0.15) is 17.6 Å². The summed E-state index contributed by atoms with van der Waals surface area (Å²) in [5, 5.41) is 3.49. The highest BCUT2D eigenvalue weighted by Crippen LogP contribution is 2.34. The fraction of sp³-hybridized carbons (Fsp3) is 0.611. The molecule has 2 heterocycles. The molecule has 1 amide bonds. The van der Waals surface area contributed by atoms with Gasteiger partial charge in [0.05, 0.1) is 7.11 Å². The van der Waals surface area contributed by atoms with Gasteiger partial charge in [-0.3, -0.25) is 4.79 Å². The van der Waals surface area contributed by atoms with Crippen LogP contribution in [0.1, 0.15) is 37.8 Å². The number of methoxy groups -OCH3 is 1. The lowest BCUT2D eigenvalue weighted by Gasteiger charge is -2.22. The first kappa shape index (κ1) is 16.1. The second-order valence-corrected chi connectivity index (χ2v) is 6.63. The van der Waals surface area contributed by atoms with Gasteiger partial charge in [0.2, 0.25) is 5.91 Å². The minimum absolute atomic E-state index is 0.234. The molecule has 0 bridgehead atoms. The number of amides is 1. The van der Waals surface area contributed by atoms with Gasteiger partial charge in [0, 0.05) is 49.6 Å². The van der Waals surface area contributed by atoms with Gasteiger partial charge in [-0.05, 0) is 32.4 Å². The number of benzene rings is 1. The van der Waals surface area contributed by atoms with E-state index >= 15 is 0 Å². The van der Waals surface area contributed by atoms with E-state index in [9.17, 15) is 4.79 Å². The number of hydrogen-bond acceptors (Lipinski definition) is 4. The van der Waals surface area contributed by atoms with Crippen molar-refractivity contribution in [2.75, 3.05) is 20.2 Å². The van der Waals surface area contributed by atoms with Crippen LogP contribution in [0.2, 0.25) is 0 Å². The summed E-state index contributed by atoms with van der Waals surface area (Å²) in [6, 6.07) is 4.41. The molecule has 0 spiro atoms. The molecule has 2 aliphatic rings. The molecular weight excluding hydrogens is 292 g/mol. The van der Waals surface area contributed by atoms with Crippen LogP contribution in [0, 0.1) is 0 Å². The van der Waals surface area contributed by atoms with E-state index in [-0.39, 0.29) is 18.1 Å². The average Bonchev–Trinajstić information content (AvgIpc) is 3.08. The summed E-state index contributed by atoms with van der Waals surface area (Å²) in [4.78, 5) is 13.7. The summed E-state index contributed by atoms with van der Waals surface area (Å²) >= 11 is 0. The molecule has 0 aliphatic carbocycles. The normalized spacial score (nSPS) is 21.3. The van der Waals surface area contributed by atoms with Crippen LogP contribution in [0.3, 0.4) is 0 Å². The van der Waals surface area contributed by atoms with Gasteiger partial charge >= 0.3 is 0 Å². The third kappa shape index (κ3) is 3.61. The van der Waals surface area contributed by atoms with Crippen molar-refractivity contribution in [2.45, 2.75) is 51.8 Å². The minimum Gasteiger partial charge on any atom is -0.496 e. The highest BCUT2D eigenvalue weighted by Gasteiger charge is 2.23. The van der Waals surface area contributed by atoms with Gasteiger partial charge in [-0.15, -0.1) is 0 Å². The van der Waals surface area contributed by atoms with Gasteiger partial charge in [0.25, 0.3) is 0 Å². The largest absolute Gasteiger partial charge is 0.496 e. The predicted octanol–water partition coefficient (Wildman–Crippen LogP) is 2.12. The molecule has 2 aliphatic heterocycles. The van der Waals surface area contributed by atoms with Crippen LogP contribution in [0.25, 0.3) is 0 Å². The molecule has 0 radical (unpaired) electrons. The zero-order valence-corrected chi connectivity index (χ0v) is 14.2. The van der Waals surface area contributed by atoms with E-state index in [0.717, 1.165) is 43.0 Å². The summed E-state index contributed by atoms with van der Waals surface area (Å²) in [5.74, 6) is 2.15. The monoisotopic (exact) mass is 318 g/mol. The Labute approximate surface area is 137 Å². The van der Waals surface area contributed by atoms with Crippen LogP contribution >= 0.6 is 0 Å². The van der Waals surface area contributed by atoms with Crippen molar-refractivity contribution < 1.29 is 14.3 Å². The van der Waals surface area contributed by atoms with Crippen molar-refractivity contribution in [1.29, 1.82) is 0 Å². The Morgan fingerprint density at radius 1 is 1.48 bits per heavy atom. The Hall–Kier alpha value is -1.75. The third-order valence-electron chi connectivity index (χ3n) is 4.61. The Morgan fingerprint density at radius 3 is 3.00 bits per heavy atom. The summed E-state index contributed by atoms with van der Waals surface area (Å²) in [5.41, 5.74) is 2.31. The van der Waals surface area contributed by atoms with Crippen LogP contribution in [-0.2, 0) is 17.8 Å². The molecule has 0 aromatic heterocycles. The fourth-order valence-electron chi connectivity index (χ4n) is 3.39. The summed E-state index contributed by atoms with van der Waals surface area (Å²) in [6.45, 7) is 6.55. The van der Waals surface area contributed by atoms with E-state index in [1.54, 1.807) is 7.11 Å². The smallest absolute Gasteiger partial charge is 0.222 e. The second-order valence-electron chi connectivity index (χ2n) is 6.63. The van der Waals surface area contributed by atoms with Crippen molar-refractivity contribution in [3.63, 3.8) is 0 Å². The molecule has 1 aromatic carbocycles. The number of fused-ring (bicyclic) bond motifs is 1. The number of nitrogens with one attached hydrogen (secondary N) is 1. The maximum absolute atomic E-state index is 11.7. The van der Waals surface area contributed by atoms with E-state index in [0.29, 0.717) is 13.0 Å². The average molecular weight is 318 g/mol. The van der Waals surface area contributed by atoms with Crippen molar-refractivity contribution >= 4 is 5.91 Å². The Kier molecular flexibility index (Phi) is 4.76. The van der Waals surface area contributed by atoms with Crippen LogP contribution in [0.15, 0.2) is 12.1 Å². The summed E-state index contributed by atoms with van der Waals surface area (Å²) in [7, 11) is 1.71. The van der Waals surface area contributed by atoms with Gasteiger partial charge in [-0.25, -0.2) is 0 Å². The number of ether oxygens (including phenoxy) is 2.